The van der Waals surface area contributed by atoms with Crippen molar-refractivity contribution in [1.29, 1.82) is 0 Å². The number of hydrogen-bond acceptors (Lipinski definition) is 3. The molecule has 86 valence electrons. The van der Waals surface area contributed by atoms with Crippen molar-refractivity contribution in [2.45, 2.75) is 26.4 Å². The Kier molecular flexibility index (Phi) is 3.72. The standard InChI is InChI=1S/C13H17NO2/c1-13(2,3)16-12(15)9-6-10-4-7-11(14)8-5-10/h4-9H,14H2,1-3H3/b9-6+. The molecule has 0 aliphatic heterocycles. The summed E-state index contributed by atoms with van der Waals surface area (Å²) in [5, 5.41) is 0. The van der Waals surface area contributed by atoms with Crippen LogP contribution in [0.15, 0.2) is 30.3 Å². The third kappa shape index (κ3) is 4.64. The lowest BCUT2D eigenvalue weighted by Gasteiger charge is -2.17. The largest absolute Gasteiger partial charge is 0.457 e. The first-order valence-corrected chi connectivity index (χ1v) is 5.13. The molecular weight excluding hydrogens is 202 g/mol. The minimum atomic E-state index is -0.456. The molecule has 0 radical (unpaired) electrons. The minimum Gasteiger partial charge on any atom is -0.457 e. The first-order valence-electron chi connectivity index (χ1n) is 5.13. The fourth-order valence-corrected chi connectivity index (χ4v) is 1.11. The van der Waals surface area contributed by atoms with Gasteiger partial charge in [-0.25, -0.2) is 4.79 Å². The van der Waals surface area contributed by atoms with Gasteiger partial charge in [0.2, 0.25) is 0 Å². The van der Waals surface area contributed by atoms with E-state index < -0.39 is 5.60 Å². The molecule has 2 N–H and O–H groups in total. The Bertz CT molecular complexity index is 385. The summed E-state index contributed by atoms with van der Waals surface area (Å²) in [4.78, 5) is 11.4. The van der Waals surface area contributed by atoms with Gasteiger partial charge >= 0.3 is 5.97 Å². The Morgan fingerprint density at radius 1 is 1.25 bits per heavy atom. The van der Waals surface area contributed by atoms with Crippen molar-refractivity contribution in [2.24, 2.45) is 0 Å². The van der Waals surface area contributed by atoms with Crippen LogP contribution in [0.3, 0.4) is 0 Å². The molecule has 0 saturated heterocycles. The van der Waals surface area contributed by atoms with Gasteiger partial charge < -0.3 is 10.5 Å². The molecule has 0 atom stereocenters. The van der Waals surface area contributed by atoms with Gasteiger partial charge in [-0.2, -0.15) is 0 Å². The molecule has 1 aromatic rings. The SMILES string of the molecule is CC(C)(C)OC(=O)/C=C/c1ccc(N)cc1. The van der Waals surface area contributed by atoms with Gasteiger partial charge in [0.1, 0.15) is 5.60 Å². The molecule has 0 saturated carbocycles. The minimum absolute atomic E-state index is 0.343. The molecule has 0 spiro atoms. The zero-order chi connectivity index (χ0) is 12.2. The van der Waals surface area contributed by atoms with E-state index in [2.05, 4.69) is 0 Å². The van der Waals surface area contributed by atoms with Gasteiger partial charge in [0.15, 0.2) is 0 Å². The fraction of sp³-hybridized carbons (Fsp3) is 0.308. The quantitative estimate of drug-likeness (QED) is 0.472. The maximum atomic E-state index is 11.4. The second-order valence-electron chi connectivity index (χ2n) is 4.53. The van der Waals surface area contributed by atoms with Crippen molar-refractivity contribution >= 4 is 17.7 Å². The lowest BCUT2D eigenvalue weighted by atomic mass is 10.2. The van der Waals surface area contributed by atoms with Crippen molar-refractivity contribution in [2.75, 3.05) is 5.73 Å². The first-order chi connectivity index (χ1) is 7.37. The van der Waals surface area contributed by atoms with E-state index in [0.717, 1.165) is 5.56 Å². The van der Waals surface area contributed by atoms with E-state index in [1.54, 1.807) is 18.2 Å². The number of nitrogen functional groups attached to an aromatic ring is 1. The summed E-state index contributed by atoms with van der Waals surface area (Å²) < 4.78 is 5.13. The topological polar surface area (TPSA) is 52.3 Å². The van der Waals surface area contributed by atoms with Crippen LogP contribution in [0.5, 0.6) is 0 Å². The molecule has 0 heterocycles. The van der Waals surface area contributed by atoms with Crippen LogP contribution in [-0.2, 0) is 9.53 Å². The number of rotatable bonds is 2. The van der Waals surface area contributed by atoms with Crippen LogP contribution >= 0.6 is 0 Å². The zero-order valence-corrected chi connectivity index (χ0v) is 9.86. The third-order valence-corrected chi connectivity index (χ3v) is 1.76. The summed E-state index contributed by atoms with van der Waals surface area (Å²) in [6, 6.07) is 7.26. The predicted octanol–water partition coefficient (Wildman–Crippen LogP) is 2.62. The van der Waals surface area contributed by atoms with E-state index in [9.17, 15) is 4.79 Å². The van der Waals surface area contributed by atoms with Crippen molar-refractivity contribution in [1.82, 2.24) is 0 Å². The second kappa shape index (κ2) is 4.84. The number of hydrogen-bond donors (Lipinski definition) is 1. The van der Waals surface area contributed by atoms with Crippen LogP contribution in [0.2, 0.25) is 0 Å². The average Bonchev–Trinajstić information content (AvgIpc) is 2.14. The molecule has 0 aliphatic rings. The molecule has 1 aromatic carbocycles. The Labute approximate surface area is 95.9 Å². The molecule has 16 heavy (non-hydrogen) atoms. The zero-order valence-electron chi connectivity index (χ0n) is 9.86. The van der Waals surface area contributed by atoms with E-state index in [0.29, 0.717) is 5.69 Å². The van der Waals surface area contributed by atoms with Gasteiger partial charge in [-0.15, -0.1) is 0 Å². The van der Waals surface area contributed by atoms with Crippen molar-refractivity contribution in [3.05, 3.63) is 35.9 Å². The van der Waals surface area contributed by atoms with E-state index in [-0.39, 0.29) is 5.97 Å². The monoisotopic (exact) mass is 219 g/mol. The molecule has 0 amide bonds. The van der Waals surface area contributed by atoms with Gasteiger partial charge in [-0.3, -0.25) is 0 Å². The van der Waals surface area contributed by atoms with Gasteiger partial charge in [0, 0.05) is 11.8 Å². The van der Waals surface area contributed by atoms with Gasteiger partial charge in [-0.05, 0) is 44.5 Å². The third-order valence-electron chi connectivity index (χ3n) is 1.76. The molecule has 3 heteroatoms. The second-order valence-corrected chi connectivity index (χ2v) is 4.53. The summed E-state index contributed by atoms with van der Waals surface area (Å²) in [5.74, 6) is -0.343. The first kappa shape index (κ1) is 12.3. The maximum absolute atomic E-state index is 11.4. The van der Waals surface area contributed by atoms with E-state index in [1.807, 2.05) is 32.9 Å². The van der Waals surface area contributed by atoms with Gasteiger partial charge in [0.05, 0.1) is 0 Å². The molecule has 0 unspecified atom stereocenters. The summed E-state index contributed by atoms with van der Waals surface area (Å²) in [6.45, 7) is 5.51. The average molecular weight is 219 g/mol. The predicted molar refractivity (Wildman–Crippen MR) is 65.7 cm³/mol. The molecule has 0 aliphatic carbocycles. The molecule has 0 fully saturated rings. The lowest BCUT2D eigenvalue weighted by Crippen LogP contribution is -2.22. The summed E-state index contributed by atoms with van der Waals surface area (Å²) in [7, 11) is 0. The fourth-order valence-electron chi connectivity index (χ4n) is 1.11. The van der Waals surface area contributed by atoms with Crippen LogP contribution in [0.1, 0.15) is 26.3 Å². The van der Waals surface area contributed by atoms with Crippen LogP contribution < -0.4 is 5.73 Å². The molecule has 0 aromatic heterocycles. The van der Waals surface area contributed by atoms with Gasteiger partial charge in [0.25, 0.3) is 0 Å². The maximum Gasteiger partial charge on any atom is 0.331 e. The lowest BCUT2D eigenvalue weighted by molar-refractivity contribution is -0.148. The highest BCUT2D eigenvalue weighted by Gasteiger charge is 2.13. The number of anilines is 1. The number of benzene rings is 1. The van der Waals surface area contributed by atoms with Crippen LogP contribution in [0.4, 0.5) is 5.69 Å². The number of carbonyl (C=O) groups is 1. The van der Waals surface area contributed by atoms with Crippen molar-refractivity contribution in [3.63, 3.8) is 0 Å². The summed E-state index contributed by atoms with van der Waals surface area (Å²) in [5.41, 5.74) is 6.71. The van der Waals surface area contributed by atoms with Crippen LogP contribution in [0, 0.1) is 0 Å². The van der Waals surface area contributed by atoms with E-state index in [1.165, 1.54) is 6.08 Å². The smallest absolute Gasteiger partial charge is 0.331 e. The Morgan fingerprint density at radius 3 is 2.31 bits per heavy atom. The highest BCUT2D eigenvalue weighted by atomic mass is 16.6. The van der Waals surface area contributed by atoms with Gasteiger partial charge in [-0.1, -0.05) is 12.1 Å². The summed E-state index contributed by atoms with van der Waals surface area (Å²) >= 11 is 0. The molecule has 1 rings (SSSR count). The van der Waals surface area contributed by atoms with Crippen LogP contribution in [0.25, 0.3) is 6.08 Å². The number of carbonyl (C=O) groups excluding carboxylic acids is 1. The van der Waals surface area contributed by atoms with E-state index >= 15 is 0 Å². The molecule has 3 nitrogen and oxygen atoms in total. The summed E-state index contributed by atoms with van der Waals surface area (Å²) in [6.07, 6.45) is 3.12. The normalized spacial score (nSPS) is 11.7. The Hall–Kier alpha value is -1.77. The highest BCUT2D eigenvalue weighted by Crippen LogP contribution is 2.10. The molecular formula is C13H17NO2. The number of nitrogens with two attached hydrogens (primary N) is 1. The van der Waals surface area contributed by atoms with E-state index in [4.69, 9.17) is 10.5 Å². The number of ether oxygens (including phenoxy) is 1. The Morgan fingerprint density at radius 2 is 1.81 bits per heavy atom. The van der Waals surface area contributed by atoms with Crippen LogP contribution in [-0.4, -0.2) is 11.6 Å². The number of esters is 1. The van der Waals surface area contributed by atoms with Crippen molar-refractivity contribution in [3.8, 4) is 0 Å². The Balaban J connectivity index is 2.60. The van der Waals surface area contributed by atoms with Crippen molar-refractivity contribution < 1.29 is 9.53 Å². The highest BCUT2D eigenvalue weighted by molar-refractivity contribution is 5.87. The molecule has 0 bridgehead atoms.